The van der Waals surface area contributed by atoms with Gasteiger partial charge in [0.2, 0.25) is 5.91 Å². The molecule has 1 unspecified atom stereocenters. The summed E-state index contributed by atoms with van der Waals surface area (Å²) in [6.45, 7) is 3.27. The van der Waals surface area contributed by atoms with Crippen LogP contribution in [0.4, 0.5) is 10.3 Å². The van der Waals surface area contributed by atoms with E-state index in [9.17, 15) is 9.59 Å². The van der Waals surface area contributed by atoms with E-state index in [1.807, 2.05) is 18.2 Å². The number of methoxy groups -OCH3 is 1. The Kier molecular flexibility index (Phi) is 6.10. The van der Waals surface area contributed by atoms with Crippen LogP contribution in [0, 0.1) is 12.8 Å². The Balaban J connectivity index is 1.45. The second kappa shape index (κ2) is 8.80. The number of hydrogen-bond acceptors (Lipinski definition) is 8. The highest BCUT2D eigenvalue weighted by atomic mass is 32.1. The van der Waals surface area contributed by atoms with Crippen molar-refractivity contribution in [2.75, 3.05) is 44.5 Å². The zero-order chi connectivity index (χ0) is 22.1. The molecular formula is C21H25N5O3S2. The van der Waals surface area contributed by atoms with Crippen molar-refractivity contribution in [3.63, 3.8) is 0 Å². The maximum absolute atomic E-state index is 12.9. The number of carbonyl (C=O) groups excluding carboxylic acids is 2. The van der Waals surface area contributed by atoms with Crippen LogP contribution in [0.1, 0.15) is 28.2 Å². The number of thiazole rings is 2. The third kappa shape index (κ3) is 4.49. The fourth-order valence-electron chi connectivity index (χ4n) is 3.58. The lowest BCUT2D eigenvalue weighted by Gasteiger charge is -2.31. The highest BCUT2D eigenvalue weighted by Crippen LogP contribution is 2.34. The molecule has 0 radical (unpaired) electrons. The number of piperidine rings is 1. The van der Waals surface area contributed by atoms with E-state index in [1.165, 1.54) is 16.2 Å². The fourth-order valence-corrected chi connectivity index (χ4v) is 5.60. The topological polar surface area (TPSA) is 87.7 Å². The number of hydrogen-bond donors (Lipinski definition) is 1. The molecule has 1 aromatic carbocycles. The largest absolute Gasteiger partial charge is 0.497 e. The summed E-state index contributed by atoms with van der Waals surface area (Å²) in [5.74, 6) is 0.480. The molecule has 31 heavy (non-hydrogen) atoms. The van der Waals surface area contributed by atoms with Crippen molar-refractivity contribution in [3.05, 3.63) is 28.8 Å². The van der Waals surface area contributed by atoms with Crippen LogP contribution in [0.5, 0.6) is 5.75 Å². The molecule has 2 amide bonds. The van der Waals surface area contributed by atoms with Gasteiger partial charge in [-0.2, -0.15) is 0 Å². The molecule has 0 bridgehead atoms. The van der Waals surface area contributed by atoms with Crippen LogP contribution in [0.2, 0.25) is 0 Å². The summed E-state index contributed by atoms with van der Waals surface area (Å²) in [4.78, 5) is 38.5. The van der Waals surface area contributed by atoms with Gasteiger partial charge in [0, 0.05) is 27.2 Å². The molecular weight excluding hydrogens is 434 g/mol. The minimum atomic E-state index is -0.160. The Hall–Kier alpha value is -2.72. The van der Waals surface area contributed by atoms with Gasteiger partial charge in [-0.25, -0.2) is 9.97 Å². The van der Waals surface area contributed by atoms with E-state index in [0.717, 1.165) is 40.5 Å². The minimum absolute atomic E-state index is 0.0647. The number of nitrogens with zero attached hydrogens (tertiary/aromatic N) is 4. The Bertz CT molecular complexity index is 1120. The van der Waals surface area contributed by atoms with Crippen LogP contribution < -0.4 is 15.0 Å². The van der Waals surface area contributed by atoms with Crippen LogP contribution in [0.25, 0.3) is 10.2 Å². The molecule has 1 aliphatic rings. The molecule has 3 heterocycles. The molecule has 8 nitrogen and oxygen atoms in total. The quantitative estimate of drug-likeness (QED) is 0.627. The van der Waals surface area contributed by atoms with Gasteiger partial charge in [-0.3, -0.25) is 9.59 Å². The van der Waals surface area contributed by atoms with Crippen LogP contribution in [-0.2, 0) is 4.79 Å². The van der Waals surface area contributed by atoms with Crippen molar-refractivity contribution in [2.45, 2.75) is 19.8 Å². The second-order valence-corrected chi connectivity index (χ2v) is 9.75. The van der Waals surface area contributed by atoms with E-state index >= 15 is 0 Å². The van der Waals surface area contributed by atoms with E-state index in [-0.39, 0.29) is 17.7 Å². The average molecular weight is 460 g/mol. The van der Waals surface area contributed by atoms with E-state index < -0.39 is 0 Å². The number of ether oxygens (including phenoxy) is 1. The predicted octanol–water partition coefficient (Wildman–Crippen LogP) is 3.63. The summed E-state index contributed by atoms with van der Waals surface area (Å²) in [5, 5.41) is 4.31. The van der Waals surface area contributed by atoms with Gasteiger partial charge in [0.1, 0.15) is 10.6 Å². The first-order chi connectivity index (χ1) is 14.9. The van der Waals surface area contributed by atoms with Gasteiger partial charge >= 0.3 is 0 Å². The van der Waals surface area contributed by atoms with Crippen molar-refractivity contribution in [1.82, 2.24) is 14.9 Å². The average Bonchev–Trinajstić information content (AvgIpc) is 3.35. The van der Waals surface area contributed by atoms with Gasteiger partial charge < -0.3 is 19.9 Å². The number of benzene rings is 1. The van der Waals surface area contributed by atoms with Crippen molar-refractivity contribution in [1.29, 1.82) is 0 Å². The lowest BCUT2D eigenvalue weighted by Crippen LogP contribution is -2.40. The fraction of sp³-hybridized carbons (Fsp3) is 0.429. The van der Waals surface area contributed by atoms with Crippen LogP contribution in [-0.4, -0.2) is 61.0 Å². The Labute approximate surface area is 188 Å². The Morgan fingerprint density at radius 2 is 2.06 bits per heavy atom. The highest BCUT2D eigenvalue weighted by molar-refractivity contribution is 7.22. The van der Waals surface area contributed by atoms with Crippen molar-refractivity contribution >= 4 is 55.0 Å². The molecule has 3 aromatic rings. The molecule has 1 fully saturated rings. The third-order valence-electron chi connectivity index (χ3n) is 5.27. The predicted molar refractivity (Wildman–Crippen MR) is 125 cm³/mol. The molecule has 0 saturated carbocycles. The summed E-state index contributed by atoms with van der Waals surface area (Å²) >= 11 is 2.83. The van der Waals surface area contributed by atoms with Crippen molar-refractivity contribution < 1.29 is 14.3 Å². The summed E-state index contributed by atoms with van der Waals surface area (Å²) in [7, 11) is 5.06. The van der Waals surface area contributed by atoms with E-state index in [0.29, 0.717) is 22.2 Å². The monoisotopic (exact) mass is 459 g/mol. The zero-order valence-corrected chi connectivity index (χ0v) is 19.6. The Morgan fingerprint density at radius 1 is 1.26 bits per heavy atom. The standard InChI is InChI=1S/C21H25N5O3S2/c1-12-17(19(28)25(2)3)31-20(22-12)24-18(27)13-6-5-9-26(11-13)21-23-15-8-7-14(29-4)10-16(15)30-21/h7-8,10,13H,5-6,9,11H2,1-4H3,(H,22,24,27). The maximum atomic E-state index is 12.9. The molecule has 0 aliphatic carbocycles. The number of fused-ring (bicyclic) bond motifs is 1. The lowest BCUT2D eigenvalue weighted by molar-refractivity contribution is -0.120. The number of rotatable bonds is 5. The van der Waals surface area contributed by atoms with Crippen LogP contribution in [0.15, 0.2) is 18.2 Å². The Morgan fingerprint density at radius 3 is 2.81 bits per heavy atom. The van der Waals surface area contributed by atoms with Gasteiger partial charge in [-0.05, 0) is 38.0 Å². The number of aromatic nitrogens is 2. The first-order valence-electron chi connectivity index (χ1n) is 10.0. The SMILES string of the molecule is COc1ccc2nc(N3CCCC(C(=O)Nc4nc(C)c(C(=O)N(C)C)s4)C3)sc2c1. The molecule has 4 rings (SSSR count). The van der Waals surface area contributed by atoms with Crippen LogP contribution >= 0.6 is 22.7 Å². The number of nitrogens with one attached hydrogen (secondary N) is 1. The molecule has 1 aliphatic heterocycles. The summed E-state index contributed by atoms with van der Waals surface area (Å²) in [5.41, 5.74) is 1.57. The zero-order valence-electron chi connectivity index (χ0n) is 18.0. The number of aryl methyl sites for hydroxylation is 1. The third-order valence-corrected chi connectivity index (χ3v) is 7.41. The molecule has 10 heteroatoms. The van der Waals surface area contributed by atoms with E-state index in [1.54, 1.807) is 39.5 Å². The van der Waals surface area contributed by atoms with Gasteiger partial charge in [-0.15, -0.1) is 0 Å². The van der Waals surface area contributed by atoms with E-state index in [4.69, 9.17) is 9.72 Å². The van der Waals surface area contributed by atoms with Gasteiger partial charge in [0.15, 0.2) is 10.3 Å². The molecule has 0 spiro atoms. The number of carbonyl (C=O) groups is 2. The van der Waals surface area contributed by atoms with Gasteiger partial charge in [-0.1, -0.05) is 22.7 Å². The molecule has 164 valence electrons. The first-order valence-corrected chi connectivity index (χ1v) is 11.7. The molecule has 1 atom stereocenters. The molecule has 1 saturated heterocycles. The summed E-state index contributed by atoms with van der Waals surface area (Å²) < 4.78 is 6.37. The summed E-state index contributed by atoms with van der Waals surface area (Å²) in [6, 6.07) is 5.85. The molecule has 1 N–H and O–H groups in total. The first kappa shape index (κ1) is 21.5. The van der Waals surface area contributed by atoms with E-state index in [2.05, 4.69) is 15.2 Å². The minimum Gasteiger partial charge on any atom is -0.497 e. The second-order valence-electron chi connectivity index (χ2n) is 7.74. The number of anilines is 2. The van der Waals surface area contributed by atoms with Crippen molar-refractivity contribution in [3.8, 4) is 5.75 Å². The normalized spacial score (nSPS) is 16.4. The smallest absolute Gasteiger partial charge is 0.265 e. The maximum Gasteiger partial charge on any atom is 0.265 e. The highest BCUT2D eigenvalue weighted by Gasteiger charge is 2.28. The van der Waals surface area contributed by atoms with Gasteiger partial charge in [0.25, 0.3) is 5.91 Å². The lowest BCUT2D eigenvalue weighted by atomic mass is 9.97. The summed E-state index contributed by atoms with van der Waals surface area (Å²) in [6.07, 6.45) is 1.73. The van der Waals surface area contributed by atoms with Gasteiger partial charge in [0.05, 0.1) is 28.9 Å². The molecule has 2 aromatic heterocycles. The van der Waals surface area contributed by atoms with Crippen molar-refractivity contribution in [2.24, 2.45) is 5.92 Å². The number of amides is 2. The van der Waals surface area contributed by atoms with Crippen LogP contribution in [0.3, 0.4) is 0 Å².